The van der Waals surface area contributed by atoms with E-state index in [1.807, 2.05) is 0 Å². The molecule has 0 aliphatic heterocycles. The standard InChI is InChI=1S/2C12H27N.2BrH/c2*1-4-5-6-7-8-9-10-11-12-13(2)3;;/h2*4-12H2,1-3H3;2*1H. The summed E-state index contributed by atoms with van der Waals surface area (Å²) in [6.45, 7) is 7.07. The molecule has 0 unspecified atom stereocenters. The zero-order chi connectivity index (χ0) is 19.9. The average Bonchev–Trinajstić information content (AvgIpc) is 2.60. The van der Waals surface area contributed by atoms with Crippen molar-refractivity contribution < 1.29 is 0 Å². The minimum absolute atomic E-state index is 0. The molecule has 0 aromatic rings. The van der Waals surface area contributed by atoms with Crippen LogP contribution in [-0.2, 0) is 0 Å². The Morgan fingerprint density at radius 3 is 0.786 bits per heavy atom. The van der Waals surface area contributed by atoms with E-state index in [-0.39, 0.29) is 34.0 Å². The minimum atomic E-state index is 0. The summed E-state index contributed by atoms with van der Waals surface area (Å²) in [6, 6.07) is 0. The van der Waals surface area contributed by atoms with Gasteiger partial charge in [0, 0.05) is 0 Å². The second kappa shape index (κ2) is 32.5. The van der Waals surface area contributed by atoms with Crippen LogP contribution in [-0.4, -0.2) is 51.1 Å². The third-order valence-corrected chi connectivity index (χ3v) is 4.92. The maximum Gasteiger partial charge on any atom is -0.00248 e. The SMILES string of the molecule is Br.Br.CCCCCCCCCCN(C)C.CCCCCCCCCCN(C)C. The molecule has 176 valence electrons. The van der Waals surface area contributed by atoms with E-state index in [9.17, 15) is 0 Å². The molecule has 0 spiro atoms. The molecule has 0 saturated heterocycles. The first-order valence-electron chi connectivity index (χ1n) is 11.8. The molecule has 0 bridgehead atoms. The predicted molar refractivity (Wildman–Crippen MR) is 143 cm³/mol. The van der Waals surface area contributed by atoms with E-state index in [1.54, 1.807) is 0 Å². The summed E-state index contributed by atoms with van der Waals surface area (Å²) in [5.74, 6) is 0. The highest BCUT2D eigenvalue weighted by atomic mass is 79.9. The number of hydrogen-bond donors (Lipinski definition) is 0. The van der Waals surface area contributed by atoms with Crippen LogP contribution < -0.4 is 0 Å². The highest BCUT2D eigenvalue weighted by Crippen LogP contribution is 2.09. The molecule has 0 aromatic carbocycles. The van der Waals surface area contributed by atoms with Crippen LogP contribution in [0.4, 0.5) is 0 Å². The lowest BCUT2D eigenvalue weighted by Crippen LogP contribution is -2.12. The largest absolute Gasteiger partial charge is 0.309 e. The van der Waals surface area contributed by atoms with Crippen molar-refractivity contribution in [3.05, 3.63) is 0 Å². The fourth-order valence-corrected chi connectivity index (χ4v) is 3.12. The van der Waals surface area contributed by atoms with Crippen molar-refractivity contribution in [2.24, 2.45) is 0 Å². The van der Waals surface area contributed by atoms with Gasteiger partial charge in [0.15, 0.2) is 0 Å². The molecule has 0 aliphatic carbocycles. The van der Waals surface area contributed by atoms with Crippen LogP contribution in [0.1, 0.15) is 117 Å². The molecular formula is C24H56Br2N2. The summed E-state index contributed by atoms with van der Waals surface area (Å²) >= 11 is 0. The Hall–Kier alpha value is 0.880. The van der Waals surface area contributed by atoms with Crippen LogP contribution in [0.5, 0.6) is 0 Å². The van der Waals surface area contributed by atoms with E-state index in [2.05, 4.69) is 51.8 Å². The van der Waals surface area contributed by atoms with E-state index in [0.29, 0.717) is 0 Å². The molecule has 0 aliphatic rings. The fraction of sp³-hybridized carbons (Fsp3) is 1.00. The number of hydrogen-bond acceptors (Lipinski definition) is 2. The lowest BCUT2D eigenvalue weighted by Gasteiger charge is -2.08. The van der Waals surface area contributed by atoms with Gasteiger partial charge in [0.25, 0.3) is 0 Å². The molecule has 0 aromatic heterocycles. The van der Waals surface area contributed by atoms with Crippen molar-refractivity contribution in [1.29, 1.82) is 0 Å². The topological polar surface area (TPSA) is 6.48 Å². The molecule has 28 heavy (non-hydrogen) atoms. The van der Waals surface area contributed by atoms with Gasteiger partial charge in [0.1, 0.15) is 0 Å². The molecule has 0 N–H and O–H groups in total. The Kier molecular flexibility index (Phi) is 42.1. The highest BCUT2D eigenvalue weighted by molar-refractivity contribution is 8.93. The minimum Gasteiger partial charge on any atom is -0.309 e. The lowest BCUT2D eigenvalue weighted by molar-refractivity contribution is 0.389. The van der Waals surface area contributed by atoms with E-state index < -0.39 is 0 Å². The van der Waals surface area contributed by atoms with Crippen molar-refractivity contribution in [2.75, 3.05) is 41.3 Å². The van der Waals surface area contributed by atoms with Crippen LogP contribution in [0, 0.1) is 0 Å². The normalized spacial score (nSPS) is 10.3. The zero-order valence-corrected chi connectivity index (χ0v) is 23.9. The first-order valence-corrected chi connectivity index (χ1v) is 11.8. The summed E-state index contributed by atoms with van der Waals surface area (Å²) in [5.41, 5.74) is 0. The second-order valence-electron chi connectivity index (χ2n) is 8.56. The van der Waals surface area contributed by atoms with Gasteiger partial charge in [-0.15, -0.1) is 34.0 Å². The van der Waals surface area contributed by atoms with Gasteiger partial charge in [-0.3, -0.25) is 0 Å². The Morgan fingerprint density at radius 1 is 0.357 bits per heavy atom. The van der Waals surface area contributed by atoms with Gasteiger partial charge < -0.3 is 9.80 Å². The molecule has 4 heteroatoms. The Balaban J connectivity index is -0.000000192. The van der Waals surface area contributed by atoms with Gasteiger partial charge in [-0.2, -0.15) is 0 Å². The average molecular weight is 533 g/mol. The monoisotopic (exact) mass is 530 g/mol. The van der Waals surface area contributed by atoms with E-state index in [0.717, 1.165) is 0 Å². The fourth-order valence-electron chi connectivity index (χ4n) is 3.12. The lowest BCUT2D eigenvalue weighted by atomic mass is 10.1. The van der Waals surface area contributed by atoms with E-state index in [1.165, 1.54) is 116 Å². The van der Waals surface area contributed by atoms with Gasteiger partial charge in [0.05, 0.1) is 0 Å². The Bertz CT molecular complexity index is 213. The van der Waals surface area contributed by atoms with Gasteiger partial charge in [-0.25, -0.2) is 0 Å². The molecule has 2 nitrogen and oxygen atoms in total. The Labute approximate surface area is 201 Å². The third kappa shape index (κ3) is 41.3. The van der Waals surface area contributed by atoms with Crippen molar-refractivity contribution in [3.8, 4) is 0 Å². The first-order chi connectivity index (χ1) is 12.5. The van der Waals surface area contributed by atoms with Crippen LogP contribution in [0.3, 0.4) is 0 Å². The molecule has 0 atom stereocenters. The number of nitrogens with zero attached hydrogens (tertiary/aromatic N) is 2. The van der Waals surface area contributed by atoms with Crippen LogP contribution in [0.2, 0.25) is 0 Å². The quantitative estimate of drug-likeness (QED) is 0.163. The Morgan fingerprint density at radius 2 is 0.571 bits per heavy atom. The molecule has 0 fully saturated rings. The van der Waals surface area contributed by atoms with Crippen LogP contribution >= 0.6 is 34.0 Å². The maximum absolute atomic E-state index is 2.27. The van der Waals surface area contributed by atoms with Crippen molar-refractivity contribution in [2.45, 2.75) is 117 Å². The molecular weight excluding hydrogens is 476 g/mol. The van der Waals surface area contributed by atoms with E-state index in [4.69, 9.17) is 0 Å². The van der Waals surface area contributed by atoms with Gasteiger partial charge in [-0.05, 0) is 54.1 Å². The number of halogens is 2. The zero-order valence-electron chi connectivity index (χ0n) is 20.4. The van der Waals surface area contributed by atoms with Crippen molar-refractivity contribution in [3.63, 3.8) is 0 Å². The molecule has 0 rings (SSSR count). The van der Waals surface area contributed by atoms with Crippen molar-refractivity contribution in [1.82, 2.24) is 9.80 Å². The summed E-state index contributed by atoms with van der Waals surface area (Å²) in [6.07, 6.45) is 22.8. The number of rotatable bonds is 18. The van der Waals surface area contributed by atoms with Crippen LogP contribution in [0.15, 0.2) is 0 Å². The molecule has 0 saturated carbocycles. The smallest absolute Gasteiger partial charge is 0.00248 e. The number of unbranched alkanes of at least 4 members (excludes halogenated alkanes) is 14. The highest BCUT2D eigenvalue weighted by Gasteiger charge is 1.93. The maximum atomic E-state index is 2.27. The third-order valence-electron chi connectivity index (χ3n) is 4.92. The predicted octanol–water partition coefficient (Wildman–Crippen LogP) is 8.53. The summed E-state index contributed by atoms with van der Waals surface area (Å²) < 4.78 is 0. The molecule has 0 heterocycles. The second-order valence-corrected chi connectivity index (χ2v) is 8.56. The van der Waals surface area contributed by atoms with Gasteiger partial charge in [-0.1, -0.05) is 104 Å². The first kappa shape index (κ1) is 36.3. The summed E-state index contributed by atoms with van der Waals surface area (Å²) in [7, 11) is 8.62. The van der Waals surface area contributed by atoms with Gasteiger partial charge >= 0.3 is 0 Å². The van der Waals surface area contributed by atoms with Gasteiger partial charge in [0.2, 0.25) is 0 Å². The molecule has 0 amide bonds. The van der Waals surface area contributed by atoms with Crippen LogP contribution in [0.25, 0.3) is 0 Å². The summed E-state index contributed by atoms with van der Waals surface area (Å²) in [5, 5.41) is 0. The molecule has 0 radical (unpaired) electrons. The van der Waals surface area contributed by atoms with Crippen molar-refractivity contribution >= 4 is 34.0 Å². The van der Waals surface area contributed by atoms with E-state index >= 15 is 0 Å². The summed E-state index contributed by atoms with van der Waals surface area (Å²) in [4.78, 5) is 4.55.